The Labute approximate surface area is 110 Å². The Bertz CT molecular complexity index is 397. The molecule has 0 radical (unpaired) electrons. The Balaban J connectivity index is 2.32. The fourth-order valence-electron chi connectivity index (χ4n) is 3.25. The van der Waals surface area contributed by atoms with E-state index in [1.165, 1.54) is 24.2 Å². The van der Waals surface area contributed by atoms with E-state index in [0.717, 1.165) is 37.9 Å². The van der Waals surface area contributed by atoms with Crippen molar-refractivity contribution >= 4 is 0 Å². The Morgan fingerprint density at radius 3 is 2.67 bits per heavy atom. The zero-order valence-electron chi connectivity index (χ0n) is 11.9. The normalized spacial score (nSPS) is 18.4. The SMILES string of the molecule is CCCC(O)C(CC)n1c(C)nc2c1CCCC2. The largest absolute Gasteiger partial charge is 0.391 e. The fourth-order valence-corrected chi connectivity index (χ4v) is 3.25. The van der Waals surface area contributed by atoms with Crippen LogP contribution in [0.1, 0.15) is 69.2 Å². The summed E-state index contributed by atoms with van der Waals surface area (Å²) in [5.41, 5.74) is 2.67. The highest BCUT2D eigenvalue weighted by molar-refractivity contribution is 5.21. The highest BCUT2D eigenvalue weighted by Crippen LogP contribution is 2.29. The van der Waals surface area contributed by atoms with Gasteiger partial charge in [0, 0.05) is 5.69 Å². The molecule has 0 spiro atoms. The zero-order valence-corrected chi connectivity index (χ0v) is 11.9. The molecule has 3 nitrogen and oxygen atoms in total. The van der Waals surface area contributed by atoms with Crippen LogP contribution in [0.4, 0.5) is 0 Å². The topological polar surface area (TPSA) is 38.0 Å². The third-order valence-corrected chi connectivity index (χ3v) is 4.12. The smallest absolute Gasteiger partial charge is 0.106 e. The molecular weight excluding hydrogens is 224 g/mol. The summed E-state index contributed by atoms with van der Waals surface area (Å²) in [5, 5.41) is 10.4. The minimum absolute atomic E-state index is 0.208. The van der Waals surface area contributed by atoms with Crippen molar-refractivity contribution in [1.29, 1.82) is 0 Å². The number of hydrogen-bond acceptors (Lipinski definition) is 2. The first-order valence-corrected chi connectivity index (χ1v) is 7.43. The van der Waals surface area contributed by atoms with Crippen LogP contribution in [-0.4, -0.2) is 20.8 Å². The van der Waals surface area contributed by atoms with Gasteiger partial charge in [-0.3, -0.25) is 0 Å². The molecule has 1 aromatic rings. The van der Waals surface area contributed by atoms with Crippen molar-refractivity contribution in [2.45, 2.75) is 77.9 Å². The van der Waals surface area contributed by atoms with Gasteiger partial charge in [0.2, 0.25) is 0 Å². The first-order chi connectivity index (χ1) is 8.69. The second-order valence-corrected chi connectivity index (χ2v) is 5.46. The predicted molar refractivity (Wildman–Crippen MR) is 73.8 cm³/mol. The van der Waals surface area contributed by atoms with E-state index < -0.39 is 0 Å². The van der Waals surface area contributed by atoms with Crippen molar-refractivity contribution in [1.82, 2.24) is 9.55 Å². The Kier molecular flexibility index (Phi) is 4.44. The molecule has 0 bridgehead atoms. The molecule has 1 N–H and O–H groups in total. The molecule has 102 valence electrons. The van der Waals surface area contributed by atoms with Gasteiger partial charge in [-0.25, -0.2) is 4.98 Å². The molecule has 2 rings (SSSR count). The lowest BCUT2D eigenvalue weighted by Gasteiger charge is -2.27. The van der Waals surface area contributed by atoms with Crippen LogP contribution in [0, 0.1) is 6.92 Å². The third kappa shape index (κ3) is 2.46. The van der Waals surface area contributed by atoms with Crippen molar-refractivity contribution in [3.05, 3.63) is 17.2 Å². The third-order valence-electron chi connectivity index (χ3n) is 4.12. The maximum Gasteiger partial charge on any atom is 0.106 e. The van der Waals surface area contributed by atoms with Crippen LogP contribution < -0.4 is 0 Å². The van der Waals surface area contributed by atoms with Gasteiger partial charge in [0.05, 0.1) is 17.8 Å². The summed E-state index contributed by atoms with van der Waals surface area (Å²) in [4.78, 5) is 4.71. The molecule has 0 saturated carbocycles. The van der Waals surface area contributed by atoms with Gasteiger partial charge in [-0.15, -0.1) is 0 Å². The van der Waals surface area contributed by atoms with E-state index >= 15 is 0 Å². The summed E-state index contributed by atoms with van der Waals surface area (Å²) in [7, 11) is 0. The number of imidazole rings is 1. The van der Waals surface area contributed by atoms with Gasteiger partial charge in [-0.2, -0.15) is 0 Å². The van der Waals surface area contributed by atoms with Gasteiger partial charge in [-0.1, -0.05) is 20.3 Å². The first-order valence-electron chi connectivity index (χ1n) is 7.43. The van der Waals surface area contributed by atoms with Gasteiger partial charge < -0.3 is 9.67 Å². The van der Waals surface area contributed by atoms with Crippen molar-refractivity contribution in [3.8, 4) is 0 Å². The van der Waals surface area contributed by atoms with Crippen molar-refractivity contribution < 1.29 is 5.11 Å². The molecule has 0 saturated heterocycles. The molecular formula is C15H26N2O. The van der Waals surface area contributed by atoms with E-state index in [1.54, 1.807) is 0 Å². The van der Waals surface area contributed by atoms with Gasteiger partial charge in [0.25, 0.3) is 0 Å². The summed E-state index contributed by atoms with van der Waals surface area (Å²) >= 11 is 0. The molecule has 3 heteroatoms. The van der Waals surface area contributed by atoms with E-state index in [0.29, 0.717) is 0 Å². The quantitative estimate of drug-likeness (QED) is 0.871. The van der Waals surface area contributed by atoms with E-state index in [9.17, 15) is 5.11 Å². The van der Waals surface area contributed by atoms with E-state index in [4.69, 9.17) is 4.98 Å². The van der Waals surface area contributed by atoms with Crippen molar-refractivity contribution in [2.75, 3.05) is 0 Å². The molecule has 18 heavy (non-hydrogen) atoms. The predicted octanol–water partition coefficient (Wildman–Crippen LogP) is 3.18. The maximum atomic E-state index is 10.4. The molecule has 1 aliphatic carbocycles. The minimum Gasteiger partial charge on any atom is -0.391 e. The molecule has 1 aromatic heterocycles. The van der Waals surface area contributed by atoms with Gasteiger partial charge in [0.1, 0.15) is 5.82 Å². The summed E-state index contributed by atoms with van der Waals surface area (Å²) in [6, 6.07) is 0.208. The second kappa shape index (κ2) is 5.87. The molecule has 1 aliphatic rings. The molecule has 0 amide bonds. The number of aliphatic hydroxyl groups is 1. The van der Waals surface area contributed by atoms with Crippen LogP contribution >= 0.6 is 0 Å². The number of fused-ring (bicyclic) bond motifs is 1. The van der Waals surface area contributed by atoms with Gasteiger partial charge in [0.15, 0.2) is 0 Å². The van der Waals surface area contributed by atoms with Crippen LogP contribution in [-0.2, 0) is 12.8 Å². The highest BCUT2D eigenvalue weighted by atomic mass is 16.3. The molecule has 0 aromatic carbocycles. The lowest BCUT2D eigenvalue weighted by Crippen LogP contribution is -2.26. The molecule has 0 fully saturated rings. The van der Waals surface area contributed by atoms with E-state index in [1.807, 2.05) is 0 Å². The molecule has 1 heterocycles. The van der Waals surface area contributed by atoms with Crippen molar-refractivity contribution in [3.63, 3.8) is 0 Å². The number of aromatic nitrogens is 2. The van der Waals surface area contributed by atoms with Crippen LogP contribution in [0.15, 0.2) is 0 Å². The van der Waals surface area contributed by atoms with Crippen LogP contribution in [0.2, 0.25) is 0 Å². The first kappa shape index (κ1) is 13.6. The van der Waals surface area contributed by atoms with Crippen LogP contribution in [0.5, 0.6) is 0 Å². The Hall–Kier alpha value is -0.830. The number of nitrogens with zero attached hydrogens (tertiary/aromatic N) is 2. The monoisotopic (exact) mass is 250 g/mol. The summed E-state index contributed by atoms with van der Waals surface area (Å²) in [6.07, 6.45) is 7.42. The summed E-state index contributed by atoms with van der Waals surface area (Å²) < 4.78 is 2.33. The summed E-state index contributed by atoms with van der Waals surface area (Å²) in [6.45, 7) is 6.38. The average Bonchev–Trinajstić information content (AvgIpc) is 2.68. The van der Waals surface area contributed by atoms with Gasteiger partial charge in [-0.05, 0) is 45.4 Å². The molecule has 2 unspecified atom stereocenters. The number of rotatable bonds is 5. The lowest BCUT2D eigenvalue weighted by atomic mass is 9.98. The van der Waals surface area contributed by atoms with Crippen molar-refractivity contribution in [2.24, 2.45) is 0 Å². The maximum absolute atomic E-state index is 10.4. The van der Waals surface area contributed by atoms with Crippen LogP contribution in [0.25, 0.3) is 0 Å². The highest BCUT2D eigenvalue weighted by Gasteiger charge is 2.26. The second-order valence-electron chi connectivity index (χ2n) is 5.46. The standard InChI is InChI=1S/C15H26N2O/c1-4-8-15(18)13(5-2)17-11(3)16-12-9-6-7-10-14(12)17/h13,15,18H,4-10H2,1-3H3. The molecule has 2 atom stereocenters. The zero-order chi connectivity index (χ0) is 13.1. The fraction of sp³-hybridized carbons (Fsp3) is 0.800. The number of aliphatic hydroxyl groups excluding tert-OH is 1. The minimum atomic E-state index is -0.237. The Morgan fingerprint density at radius 2 is 2.00 bits per heavy atom. The number of hydrogen-bond donors (Lipinski definition) is 1. The average molecular weight is 250 g/mol. The number of aryl methyl sites for hydroxylation is 2. The lowest BCUT2D eigenvalue weighted by molar-refractivity contribution is 0.0977. The molecule has 0 aliphatic heterocycles. The Morgan fingerprint density at radius 1 is 1.28 bits per heavy atom. The van der Waals surface area contributed by atoms with Gasteiger partial charge >= 0.3 is 0 Å². The summed E-state index contributed by atoms with van der Waals surface area (Å²) in [5.74, 6) is 1.09. The van der Waals surface area contributed by atoms with E-state index in [2.05, 4.69) is 25.3 Å². The van der Waals surface area contributed by atoms with E-state index in [-0.39, 0.29) is 12.1 Å². The van der Waals surface area contributed by atoms with Crippen LogP contribution in [0.3, 0.4) is 0 Å².